The van der Waals surface area contributed by atoms with Gasteiger partial charge < -0.3 is 10.5 Å². The van der Waals surface area contributed by atoms with Crippen molar-refractivity contribution in [2.24, 2.45) is 5.73 Å². The Hall–Kier alpha value is -0.520. The highest BCUT2D eigenvalue weighted by molar-refractivity contribution is 9.10. The van der Waals surface area contributed by atoms with E-state index in [9.17, 15) is 4.79 Å². The van der Waals surface area contributed by atoms with Crippen LogP contribution in [0, 0.1) is 0 Å². The lowest BCUT2D eigenvalue weighted by Crippen LogP contribution is -2.04. The van der Waals surface area contributed by atoms with Crippen molar-refractivity contribution in [3.8, 4) is 0 Å². The van der Waals surface area contributed by atoms with Crippen molar-refractivity contribution in [1.82, 2.24) is 0 Å². The lowest BCUT2D eigenvalue weighted by atomic mass is 10.2. The highest BCUT2D eigenvalue weighted by atomic mass is 79.9. The fourth-order valence-electron chi connectivity index (χ4n) is 1.04. The molecule has 0 aromatic heterocycles. The first-order valence-electron chi connectivity index (χ1n) is 4.35. The summed E-state index contributed by atoms with van der Waals surface area (Å²) < 4.78 is 5.56. The van der Waals surface area contributed by atoms with E-state index in [0.717, 1.165) is 14.9 Å². The molecule has 0 radical (unpaired) electrons. The van der Waals surface area contributed by atoms with Gasteiger partial charge in [0, 0.05) is 15.9 Å². The van der Waals surface area contributed by atoms with E-state index >= 15 is 0 Å². The summed E-state index contributed by atoms with van der Waals surface area (Å²) in [6.45, 7) is 0.461. The minimum Gasteiger partial charge on any atom is -0.468 e. The first-order chi connectivity index (χ1) is 7.17. The van der Waals surface area contributed by atoms with E-state index in [2.05, 4.69) is 20.7 Å². The van der Waals surface area contributed by atoms with Gasteiger partial charge in [-0.2, -0.15) is 0 Å². The van der Waals surface area contributed by atoms with Gasteiger partial charge in [-0.25, -0.2) is 0 Å². The van der Waals surface area contributed by atoms with Gasteiger partial charge in [0.2, 0.25) is 0 Å². The van der Waals surface area contributed by atoms with Crippen LogP contribution in [0.25, 0.3) is 0 Å². The van der Waals surface area contributed by atoms with Crippen LogP contribution in [0.5, 0.6) is 0 Å². The monoisotopic (exact) mass is 289 g/mol. The standard InChI is InChI=1S/C10H12BrNO2S/c1-14-10(13)6-15-9-3-2-8(11)4-7(9)5-12/h2-4H,5-6,12H2,1H3. The molecule has 0 spiro atoms. The molecule has 0 aliphatic rings. The number of carbonyl (C=O) groups excluding carboxylic acids is 1. The van der Waals surface area contributed by atoms with Gasteiger partial charge in [-0.3, -0.25) is 4.79 Å². The summed E-state index contributed by atoms with van der Waals surface area (Å²) >= 11 is 4.81. The maximum atomic E-state index is 11.0. The molecular formula is C10H12BrNO2S. The molecule has 1 rings (SSSR count). The fraction of sp³-hybridized carbons (Fsp3) is 0.300. The van der Waals surface area contributed by atoms with E-state index in [4.69, 9.17) is 5.73 Å². The van der Waals surface area contributed by atoms with Gasteiger partial charge in [0.25, 0.3) is 0 Å². The maximum Gasteiger partial charge on any atom is 0.315 e. The molecule has 0 amide bonds. The molecule has 0 atom stereocenters. The van der Waals surface area contributed by atoms with Gasteiger partial charge in [-0.05, 0) is 23.8 Å². The molecule has 0 saturated carbocycles. The molecule has 1 aromatic rings. The third-order valence-electron chi connectivity index (χ3n) is 1.82. The number of hydrogen-bond donors (Lipinski definition) is 1. The number of benzene rings is 1. The minimum absolute atomic E-state index is 0.231. The Labute approximate surface area is 101 Å². The predicted molar refractivity (Wildman–Crippen MR) is 64.8 cm³/mol. The van der Waals surface area contributed by atoms with Gasteiger partial charge in [0.15, 0.2) is 0 Å². The summed E-state index contributed by atoms with van der Waals surface area (Å²) in [5.74, 6) is 0.0800. The van der Waals surface area contributed by atoms with Crippen LogP contribution < -0.4 is 5.73 Å². The van der Waals surface area contributed by atoms with Gasteiger partial charge in [0.05, 0.1) is 12.9 Å². The zero-order valence-electron chi connectivity index (χ0n) is 8.33. The quantitative estimate of drug-likeness (QED) is 0.682. The molecule has 3 nitrogen and oxygen atoms in total. The van der Waals surface area contributed by atoms with Crippen LogP contribution in [0.15, 0.2) is 27.6 Å². The van der Waals surface area contributed by atoms with Crippen molar-refractivity contribution < 1.29 is 9.53 Å². The number of hydrogen-bond acceptors (Lipinski definition) is 4. The second kappa shape index (κ2) is 6.15. The second-order valence-electron chi connectivity index (χ2n) is 2.82. The predicted octanol–water partition coefficient (Wildman–Crippen LogP) is 2.17. The first-order valence-corrected chi connectivity index (χ1v) is 6.13. The van der Waals surface area contributed by atoms with Crippen molar-refractivity contribution in [3.63, 3.8) is 0 Å². The number of ether oxygens (including phenoxy) is 1. The molecule has 0 fully saturated rings. The highest BCUT2D eigenvalue weighted by Crippen LogP contribution is 2.25. The van der Waals surface area contributed by atoms with Crippen LogP contribution in [0.4, 0.5) is 0 Å². The smallest absolute Gasteiger partial charge is 0.315 e. The Kier molecular flexibility index (Phi) is 5.14. The maximum absolute atomic E-state index is 11.0. The molecule has 1 aromatic carbocycles. The van der Waals surface area contributed by atoms with Crippen LogP contribution in [0.2, 0.25) is 0 Å². The molecule has 0 saturated heterocycles. The minimum atomic E-state index is -0.231. The fourth-order valence-corrected chi connectivity index (χ4v) is 2.34. The molecule has 0 unspecified atom stereocenters. The van der Waals surface area contributed by atoms with Crippen molar-refractivity contribution >= 4 is 33.7 Å². The molecule has 82 valence electrons. The van der Waals surface area contributed by atoms with Crippen LogP contribution in [0.3, 0.4) is 0 Å². The molecule has 0 aliphatic carbocycles. The van der Waals surface area contributed by atoms with E-state index in [0.29, 0.717) is 12.3 Å². The third-order valence-corrected chi connectivity index (χ3v) is 3.40. The summed E-state index contributed by atoms with van der Waals surface area (Å²) in [6.07, 6.45) is 0. The van der Waals surface area contributed by atoms with E-state index in [-0.39, 0.29) is 5.97 Å². The van der Waals surface area contributed by atoms with Crippen molar-refractivity contribution in [2.75, 3.05) is 12.9 Å². The molecular weight excluding hydrogens is 278 g/mol. The van der Waals surface area contributed by atoms with Crippen LogP contribution in [-0.2, 0) is 16.1 Å². The Morgan fingerprint density at radius 3 is 2.93 bits per heavy atom. The van der Waals surface area contributed by atoms with E-state index in [1.54, 1.807) is 0 Å². The van der Waals surface area contributed by atoms with Crippen molar-refractivity contribution in [2.45, 2.75) is 11.4 Å². The summed E-state index contributed by atoms with van der Waals surface area (Å²) in [5.41, 5.74) is 6.63. The number of esters is 1. The lowest BCUT2D eigenvalue weighted by molar-refractivity contribution is -0.137. The van der Waals surface area contributed by atoms with E-state index in [1.807, 2.05) is 18.2 Å². The number of rotatable bonds is 4. The molecule has 5 heteroatoms. The molecule has 15 heavy (non-hydrogen) atoms. The average Bonchev–Trinajstić information content (AvgIpc) is 2.26. The Bertz CT molecular complexity index is 357. The summed E-state index contributed by atoms with van der Waals surface area (Å²) in [6, 6.07) is 5.83. The number of thioether (sulfide) groups is 1. The Morgan fingerprint density at radius 2 is 2.33 bits per heavy atom. The Balaban J connectivity index is 2.72. The zero-order chi connectivity index (χ0) is 11.3. The van der Waals surface area contributed by atoms with Gasteiger partial charge in [-0.1, -0.05) is 15.9 Å². The van der Waals surface area contributed by atoms with Crippen molar-refractivity contribution in [1.29, 1.82) is 0 Å². The second-order valence-corrected chi connectivity index (χ2v) is 4.75. The SMILES string of the molecule is COC(=O)CSc1ccc(Br)cc1CN. The molecule has 0 aliphatic heterocycles. The molecule has 2 N–H and O–H groups in total. The summed E-state index contributed by atoms with van der Waals surface area (Å²) in [7, 11) is 1.38. The normalized spacial score (nSPS) is 10.1. The molecule has 0 heterocycles. The largest absolute Gasteiger partial charge is 0.468 e. The van der Waals surface area contributed by atoms with E-state index < -0.39 is 0 Å². The summed E-state index contributed by atoms with van der Waals surface area (Å²) in [4.78, 5) is 12.0. The lowest BCUT2D eigenvalue weighted by Gasteiger charge is -2.07. The summed E-state index contributed by atoms with van der Waals surface area (Å²) in [5, 5.41) is 0. The van der Waals surface area contributed by atoms with Crippen LogP contribution in [0.1, 0.15) is 5.56 Å². The van der Waals surface area contributed by atoms with Gasteiger partial charge in [0.1, 0.15) is 0 Å². The number of carbonyl (C=O) groups is 1. The van der Waals surface area contributed by atoms with Gasteiger partial charge in [-0.15, -0.1) is 11.8 Å². The highest BCUT2D eigenvalue weighted by Gasteiger charge is 2.06. The van der Waals surface area contributed by atoms with Gasteiger partial charge >= 0.3 is 5.97 Å². The topological polar surface area (TPSA) is 52.3 Å². The number of halogens is 1. The van der Waals surface area contributed by atoms with Crippen LogP contribution >= 0.6 is 27.7 Å². The van der Waals surface area contributed by atoms with Crippen LogP contribution in [-0.4, -0.2) is 18.8 Å². The number of methoxy groups -OCH3 is 1. The van der Waals surface area contributed by atoms with E-state index in [1.165, 1.54) is 18.9 Å². The van der Waals surface area contributed by atoms with Crippen molar-refractivity contribution in [3.05, 3.63) is 28.2 Å². The zero-order valence-corrected chi connectivity index (χ0v) is 10.7. The average molecular weight is 290 g/mol. The third kappa shape index (κ3) is 3.85. The Morgan fingerprint density at radius 1 is 1.60 bits per heavy atom. The first kappa shape index (κ1) is 12.5. The number of nitrogens with two attached hydrogens (primary N) is 1. The molecule has 0 bridgehead atoms.